The van der Waals surface area contributed by atoms with E-state index in [2.05, 4.69) is 15.1 Å². The molecule has 0 aliphatic heterocycles. The van der Waals surface area contributed by atoms with E-state index in [0.29, 0.717) is 17.0 Å². The van der Waals surface area contributed by atoms with Gasteiger partial charge in [-0.1, -0.05) is 23.2 Å². The van der Waals surface area contributed by atoms with Gasteiger partial charge in [0.15, 0.2) is 10.8 Å². The molecule has 0 amide bonds. The molecule has 0 aromatic carbocycles. The summed E-state index contributed by atoms with van der Waals surface area (Å²) in [5.41, 5.74) is 0.408. The van der Waals surface area contributed by atoms with Gasteiger partial charge in [-0.05, 0) is 19.1 Å². The summed E-state index contributed by atoms with van der Waals surface area (Å²) >= 11 is 16.6. The number of aromatic amines is 1. The van der Waals surface area contributed by atoms with Crippen molar-refractivity contribution >= 4 is 41.1 Å². The highest BCUT2D eigenvalue weighted by molar-refractivity contribution is 7.71. The van der Waals surface area contributed by atoms with Crippen LogP contribution >= 0.6 is 35.4 Å². The fourth-order valence-electron chi connectivity index (χ4n) is 1.11. The van der Waals surface area contributed by atoms with E-state index in [4.69, 9.17) is 40.2 Å². The van der Waals surface area contributed by atoms with Crippen LogP contribution in [0.1, 0.15) is 6.92 Å². The van der Waals surface area contributed by atoms with Gasteiger partial charge in [-0.2, -0.15) is 14.5 Å². The first-order valence-corrected chi connectivity index (χ1v) is 5.26. The van der Waals surface area contributed by atoms with Crippen molar-refractivity contribution in [2.24, 2.45) is 0 Å². The minimum absolute atomic E-state index is 0.140. The minimum atomic E-state index is 0.140. The van der Waals surface area contributed by atoms with Crippen molar-refractivity contribution in [1.82, 2.24) is 19.6 Å². The van der Waals surface area contributed by atoms with Crippen LogP contribution < -0.4 is 4.74 Å². The van der Waals surface area contributed by atoms with Crippen molar-refractivity contribution in [3.05, 3.63) is 14.9 Å². The second-order valence-electron chi connectivity index (χ2n) is 2.62. The molecule has 80 valence electrons. The van der Waals surface area contributed by atoms with Crippen LogP contribution in [0.2, 0.25) is 10.2 Å². The highest BCUT2D eigenvalue weighted by Gasteiger charge is 2.13. The summed E-state index contributed by atoms with van der Waals surface area (Å²) in [6.45, 7) is 2.29. The summed E-state index contributed by atoms with van der Waals surface area (Å²) in [7, 11) is 0. The van der Waals surface area contributed by atoms with Crippen molar-refractivity contribution in [3.8, 4) is 6.01 Å². The number of hydrogen-bond donors (Lipinski definition) is 1. The number of H-pyrrole nitrogens is 1. The molecule has 1 N–H and O–H groups in total. The minimum Gasteiger partial charge on any atom is -0.464 e. The zero-order valence-corrected chi connectivity index (χ0v) is 9.95. The monoisotopic (exact) mass is 264 g/mol. The van der Waals surface area contributed by atoms with Crippen LogP contribution in [0.4, 0.5) is 0 Å². The standard InChI is InChI=1S/C7H6Cl2N4OS/c1-2-14-7-10-4(9)3(8)5-11-6(15)12-13(5)7/h2H2,1H3,(H,12,15). The molecule has 0 bridgehead atoms. The van der Waals surface area contributed by atoms with Gasteiger partial charge >= 0.3 is 6.01 Å². The molecule has 2 aromatic heterocycles. The maximum Gasteiger partial charge on any atom is 0.319 e. The summed E-state index contributed by atoms with van der Waals surface area (Å²) in [6, 6.07) is 0.283. The first-order valence-electron chi connectivity index (χ1n) is 4.10. The molecule has 2 rings (SSSR count). The number of aromatic nitrogens is 4. The number of hydrogen-bond acceptors (Lipinski definition) is 4. The lowest BCUT2D eigenvalue weighted by Gasteiger charge is -2.05. The summed E-state index contributed by atoms with van der Waals surface area (Å²) in [6.07, 6.45) is 0. The molecule has 2 heterocycles. The van der Waals surface area contributed by atoms with Crippen molar-refractivity contribution in [2.75, 3.05) is 6.61 Å². The van der Waals surface area contributed by atoms with Crippen molar-refractivity contribution < 1.29 is 4.74 Å². The average molecular weight is 265 g/mol. The second-order valence-corrected chi connectivity index (χ2v) is 3.74. The highest BCUT2D eigenvalue weighted by Crippen LogP contribution is 2.26. The predicted molar refractivity (Wildman–Crippen MR) is 59.4 cm³/mol. The van der Waals surface area contributed by atoms with Crippen LogP contribution in [0.25, 0.3) is 5.65 Å². The Hall–Kier alpha value is -0.850. The Morgan fingerprint density at radius 1 is 1.47 bits per heavy atom. The summed E-state index contributed by atoms with van der Waals surface area (Å²) in [4.78, 5) is 7.96. The second kappa shape index (κ2) is 3.96. The van der Waals surface area contributed by atoms with Gasteiger partial charge in [0.25, 0.3) is 0 Å². The van der Waals surface area contributed by atoms with Crippen LogP contribution in [-0.4, -0.2) is 26.2 Å². The fraction of sp³-hybridized carbons (Fsp3) is 0.286. The first kappa shape index (κ1) is 10.7. The average Bonchev–Trinajstić information content (AvgIpc) is 2.57. The van der Waals surface area contributed by atoms with Gasteiger partial charge in [-0.25, -0.2) is 0 Å². The Morgan fingerprint density at radius 2 is 2.20 bits per heavy atom. The molecule has 0 atom stereocenters. The Balaban J connectivity index is 2.81. The summed E-state index contributed by atoms with van der Waals surface area (Å²) < 4.78 is 7.01. The Kier molecular flexibility index (Phi) is 2.81. The van der Waals surface area contributed by atoms with Gasteiger partial charge in [-0.3, -0.25) is 5.10 Å². The number of fused-ring (bicyclic) bond motifs is 1. The molecular weight excluding hydrogens is 259 g/mol. The molecule has 0 saturated heterocycles. The SMILES string of the molecule is CCOc1nc(Cl)c(Cl)c2nc(=S)[nH]n12. The predicted octanol–water partition coefficient (Wildman–Crippen LogP) is 2.49. The van der Waals surface area contributed by atoms with E-state index in [1.165, 1.54) is 4.52 Å². The molecule has 0 spiro atoms. The van der Waals surface area contributed by atoms with Gasteiger partial charge in [0.05, 0.1) is 6.61 Å². The summed E-state index contributed by atoms with van der Waals surface area (Å²) in [5.74, 6) is 0. The third kappa shape index (κ3) is 1.80. The van der Waals surface area contributed by atoms with Crippen molar-refractivity contribution in [1.29, 1.82) is 0 Å². The van der Waals surface area contributed by atoms with Crippen LogP contribution in [-0.2, 0) is 0 Å². The smallest absolute Gasteiger partial charge is 0.319 e. The molecule has 5 nitrogen and oxygen atoms in total. The number of nitrogens with one attached hydrogen (secondary N) is 1. The topological polar surface area (TPSA) is 55.2 Å². The largest absolute Gasteiger partial charge is 0.464 e. The van der Waals surface area contributed by atoms with Crippen LogP contribution in [0, 0.1) is 4.77 Å². The zero-order valence-electron chi connectivity index (χ0n) is 7.62. The Bertz CT molecular complexity index is 564. The Labute approximate surface area is 100.0 Å². The molecule has 0 aliphatic carbocycles. The van der Waals surface area contributed by atoms with Gasteiger partial charge in [-0.15, -0.1) is 0 Å². The van der Waals surface area contributed by atoms with Gasteiger partial charge in [0, 0.05) is 0 Å². The maximum atomic E-state index is 5.91. The maximum absolute atomic E-state index is 5.91. The quantitative estimate of drug-likeness (QED) is 0.669. The third-order valence-electron chi connectivity index (χ3n) is 1.66. The summed E-state index contributed by atoms with van der Waals surface area (Å²) in [5, 5.41) is 3.15. The molecule has 2 aromatic rings. The molecule has 0 aliphatic rings. The van der Waals surface area contributed by atoms with E-state index in [1.807, 2.05) is 6.92 Å². The van der Waals surface area contributed by atoms with Crippen molar-refractivity contribution in [3.63, 3.8) is 0 Å². The van der Waals surface area contributed by atoms with Crippen molar-refractivity contribution in [2.45, 2.75) is 6.92 Å². The fourth-order valence-corrected chi connectivity index (χ4v) is 1.61. The van der Waals surface area contributed by atoms with E-state index < -0.39 is 0 Å². The molecular formula is C7H6Cl2N4OS. The lowest BCUT2D eigenvalue weighted by atomic mass is 10.6. The molecule has 15 heavy (non-hydrogen) atoms. The molecule has 8 heteroatoms. The van der Waals surface area contributed by atoms with E-state index in [-0.39, 0.29) is 16.2 Å². The van der Waals surface area contributed by atoms with E-state index in [1.54, 1.807) is 0 Å². The normalized spacial score (nSPS) is 10.9. The van der Waals surface area contributed by atoms with Gasteiger partial charge in [0.2, 0.25) is 4.77 Å². The van der Waals surface area contributed by atoms with E-state index >= 15 is 0 Å². The van der Waals surface area contributed by atoms with Crippen LogP contribution in [0.3, 0.4) is 0 Å². The van der Waals surface area contributed by atoms with Crippen LogP contribution in [0.5, 0.6) is 6.01 Å². The molecule has 0 fully saturated rings. The number of nitrogens with zero attached hydrogens (tertiary/aromatic N) is 3. The van der Waals surface area contributed by atoms with Crippen LogP contribution in [0.15, 0.2) is 0 Å². The lowest BCUT2D eigenvalue weighted by Crippen LogP contribution is -2.03. The molecule has 0 saturated carbocycles. The van der Waals surface area contributed by atoms with Gasteiger partial charge in [0.1, 0.15) is 5.02 Å². The number of ether oxygens (including phenoxy) is 1. The van der Waals surface area contributed by atoms with Gasteiger partial charge < -0.3 is 4.74 Å². The van der Waals surface area contributed by atoms with E-state index in [0.717, 1.165) is 0 Å². The van der Waals surface area contributed by atoms with E-state index in [9.17, 15) is 0 Å². The molecule has 0 unspecified atom stereocenters. The zero-order chi connectivity index (χ0) is 11.0. The molecule has 0 radical (unpaired) electrons. The highest BCUT2D eigenvalue weighted by atomic mass is 35.5. The Morgan fingerprint density at radius 3 is 2.87 bits per heavy atom. The lowest BCUT2D eigenvalue weighted by molar-refractivity contribution is 0.303. The number of halogens is 2. The first-order chi connectivity index (χ1) is 7.13. The third-order valence-corrected chi connectivity index (χ3v) is 2.56. The number of rotatable bonds is 2.